The van der Waals surface area contributed by atoms with E-state index in [-0.39, 0.29) is 5.91 Å². The largest absolute Gasteiger partial charge is 0.497 e. The van der Waals surface area contributed by atoms with Crippen LogP contribution in [0.4, 0.5) is 5.69 Å². The molecule has 1 unspecified atom stereocenters. The Bertz CT molecular complexity index is 785. The summed E-state index contributed by atoms with van der Waals surface area (Å²) in [4.78, 5) is 12.3. The Morgan fingerprint density at radius 2 is 2.04 bits per heavy atom. The molecular formula is C20H21NO4. The highest BCUT2D eigenvalue weighted by atomic mass is 16.5. The van der Waals surface area contributed by atoms with E-state index < -0.39 is 6.10 Å². The van der Waals surface area contributed by atoms with Crippen LogP contribution < -0.4 is 14.8 Å². The Morgan fingerprint density at radius 3 is 2.88 bits per heavy atom. The molecule has 0 fully saturated rings. The lowest BCUT2D eigenvalue weighted by Gasteiger charge is -2.16. The molecule has 5 nitrogen and oxygen atoms in total. The molecule has 0 aliphatic carbocycles. The number of carbonyl (C=O) groups is 1. The smallest absolute Gasteiger partial charge is 0.253 e. The Hall–Kier alpha value is -2.79. The Kier molecular flexibility index (Phi) is 5.36. The predicted octanol–water partition coefficient (Wildman–Crippen LogP) is 3.64. The summed E-state index contributed by atoms with van der Waals surface area (Å²) in [6.07, 6.45) is 3.25. The van der Waals surface area contributed by atoms with Crippen molar-refractivity contribution in [1.29, 1.82) is 0 Å². The van der Waals surface area contributed by atoms with Crippen molar-refractivity contribution in [2.45, 2.75) is 19.6 Å². The molecule has 3 rings (SSSR count). The van der Waals surface area contributed by atoms with E-state index in [9.17, 15) is 4.79 Å². The van der Waals surface area contributed by atoms with Crippen LogP contribution in [0.25, 0.3) is 6.08 Å². The van der Waals surface area contributed by atoms with Crippen LogP contribution in [0, 0.1) is 0 Å². The van der Waals surface area contributed by atoms with E-state index in [1.165, 1.54) is 0 Å². The number of para-hydroxylation sites is 2. The van der Waals surface area contributed by atoms with Gasteiger partial charge >= 0.3 is 0 Å². The fourth-order valence-electron chi connectivity index (χ4n) is 2.53. The molecule has 5 heteroatoms. The third kappa shape index (κ3) is 4.39. The van der Waals surface area contributed by atoms with Gasteiger partial charge in [0.15, 0.2) is 0 Å². The van der Waals surface area contributed by atoms with Gasteiger partial charge in [-0.2, -0.15) is 0 Å². The molecule has 1 aliphatic rings. The van der Waals surface area contributed by atoms with E-state index in [1.807, 2.05) is 54.6 Å². The standard InChI is InChI=1S/C20H21NO4/c1-14-20(22)21-18-7-3-4-8-19(18)25-13-16-10-15(6-5-9-24-14)11-17(12-16)23-2/h3-8,10-12,14H,9,13H2,1-2H3,(H,21,22)/b6-5-. The molecule has 1 N–H and O–H groups in total. The molecule has 0 radical (unpaired) electrons. The van der Waals surface area contributed by atoms with Crippen LogP contribution >= 0.6 is 0 Å². The zero-order valence-electron chi connectivity index (χ0n) is 14.3. The van der Waals surface area contributed by atoms with Crippen molar-refractivity contribution < 1.29 is 19.0 Å². The van der Waals surface area contributed by atoms with Gasteiger partial charge in [-0.25, -0.2) is 0 Å². The topological polar surface area (TPSA) is 56.8 Å². The van der Waals surface area contributed by atoms with Crippen molar-refractivity contribution in [2.24, 2.45) is 0 Å². The number of anilines is 1. The van der Waals surface area contributed by atoms with Gasteiger partial charge in [-0.3, -0.25) is 4.79 Å². The van der Waals surface area contributed by atoms with Crippen molar-refractivity contribution in [3.05, 3.63) is 59.7 Å². The Morgan fingerprint density at radius 1 is 1.20 bits per heavy atom. The summed E-state index contributed by atoms with van der Waals surface area (Å²) in [6.45, 7) is 2.44. The van der Waals surface area contributed by atoms with Gasteiger partial charge in [0.1, 0.15) is 24.2 Å². The third-order valence-electron chi connectivity index (χ3n) is 3.89. The number of nitrogens with one attached hydrogen (secondary N) is 1. The fourth-order valence-corrected chi connectivity index (χ4v) is 2.53. The third-order valence-corrected chi connectivity index (χ3v) is 3.89. The number of hydrogen-bond donors (Lipinski definition) is 1. The summed E-state index contributed by atoms with van der Waals surface area (Å²) in [6, 6.07) is 13.3. The first kappa shape index (κ1) is 17.0. The monoisotopic (exact) mass is 339 g/mol. The molecule has 1 aliphatic heterocycles. The maximum atomic E-state index is 12.3. The molecule has 2 aromatic carbocycles. The highest BCUT2D eigenvalue weighted by molar-refractivity contribution is 5.95. The minimum absolute atomic E-state index is 0.207. The summed E-state index contributed by atoms with van der Waals surface area (Å²) in [5.41, 5.74) is 2.59. The molecule has 1 heterocycles. The summed E-state index contributed by atoms with van der Waals surface area (Å²) >= 11 is 0. The summed E-state index contributed by atoms with van der Waals surface area (Å²) in [5, 5.41) is 2.86. The van der Waals surface area contributed by atoms with Crippen LogP contribution in [0.15, 0.2) is 48.5 Å². The lowest BCUT2D eigenvalue weighted by molar-refractivity contribution is -0.125. The lowest BCUT2D eigenvalue weighted by Crippen LogP contribution is -2.28. The van der Waals surface area contributed by atoms with Gasteiger partial charge in [0.25, 0.3) is 5.91 Å². The van der Waals surface area contributed by atoms with Gasteiger partial charge in [-0.05, 0) is 48.4 Å². The van der Waals surface area contributed by atoms with Gasteiger partial charge in [0.2, 0.25) is 0 Å². The van der Waals surface area contributed by atoms with E-state index in [4.69, 9.17) is 14.2 Å². The molecule has 2 bridgehead atoms. The summed E-state index contributed by atoms with van der Waals surface area (Å²) in [7, 11) is 1.64. The van der Waals surface area contributed by atoms with Gasteiger partial charge in [-0.1, -0.05) is 24.3 Å². The first-order valence-electron chi connectivity index (χ1n) is 8.14. The van der Waals surface area contributed by atoms with Crippen molar-refractivity contribution in [1.82, 2.24) is 0 Å². The molecular weight excluding hydrogens is 318 g/mol. The molecule has 2 aromatic rings. The highest BCUT2D eigenvalue weighted by Crippen LogP contribution is 2.26. The number of carbonyl (C=O) groups excluding carboxylic acids is 1. The number of fused-ring (bicyclic) bond motifs is 3. The first-order chi connectivity index (χ1) is 12.2. The highest BCUT2D eigenvalue weighted by Gasteiger charge is 2.15. The van der Waals surface area contributed by atoms with Crippen LogP contribution in [0.5, 0.6) is 11.5 Å². The average molecular weight is 339 g/mol. The molecule has 1 atom stereocenters. The Labute approximate surface area is 147 Å². The first-order valence-corrected chi connectivity index (χ1v) is 8.14. The number of amides is 1. The Balaban J connectivity index is 1.95. The maximum Gasteiger partial charge on any atom is 0.253 e. The van der Waals surface area contributed by atoms with Gasteiger partial charge in [0, 0.05) is 0 Å². The number of benzene rings is 2. The summed E-state index contributed by atoms with van der Waals surface area (Å²) < 4.78 is 16.9. The molecule has 0 aromatic heterocycles. The molecule has 1 amide bonds. The predicted molar refractivity (Wildman–Crippen MR) is 96.8 cm³/mol. The van der Waals surface area contributed by atoms with E-state index in [2.05, 4.69) is 5.32 Å². The normalized spacial score (nSPS) is 19.0. The second-order valence-electron chi connectivity index (χ2n) is 5.77. The van der Waals surface area contributed by atoms with E-state index in [0.29, 0.717) is 24.7 Å². The van der Waals surface area contributed by atoms with Crippen molar-refractivity contribution in [3.63, 3.8) is 0 Å². The lowest BCUT2D eigenvalue weighted by atomic mass is 10.1. The molecule has 0 saturated carbocycles. The van der Waals surface area contributed by atoms with Crippen LogP contribution in [0.2, 0.25) is 0 Å². The minimum Gasteiger partial charge on any atom is -0.497 e. The zero-order valence-corrected chi connectivity index (χ0v) is 14.3. The zero-order chi connectivity index (χ0) is 17.6. The molecule has 25 heavy (non-hydrogen) atoms. The van der Waals surface area contributed by atoms with E-state index in [0.717, 1.165) is 16.9 Å². The van der Waals surface area contributed by atoms with Crippen LogP contribution in [0.1, 0.15) is 18.1 Å². The second kappa shape index (κ2) is 7.85. The van der Waals surface area contributed by atoms with Crippen molar-refractivity contribution >= 4 is 17.7 Å². The van der Waals surface area contributed by atoms with Crippen LogP contribution in [-0.2, 0) is 16.1 Å². The quantitative estimate of drug-likeness (QED) is 0.862. The number of hydrogen-bond acceptors (Lipinski definition) is 4. The maximum absolute atomic E-state index is 12.3. The van der Waals surface area contributed by atoms with E-state index >= 15 is 0 Å². The van der Waals surface area contributed by atoms with Crippen LogP contribution in [-0.4, -0.2) is 25.7 Å². The second-order valence-corrected chi connectivity index (χ2v) is 5.77. The number of ether oxygens (including phenoxy) is 3. The van der Waals surface area contributed by atoms with Crippen molar-refractivity contribution in [2.75, 3.05) is 19.0 Å². The van der Waals surface area contributed by atoms with Crippen molar-refractivity contribution in [3.8, 4) is 11.5 Å². The minimum atomic E-state index is -0.568. The molecule has 130 valence electrons. The molecule has 0 spiro atoms. The SMILES string of the molecule is COc1cc2cc(c1)COc1ccccc1NC(=O)C(C)OC/C=C\2. The number of rotatable bonds is 1. The van der Waals surface area contributed by atoms with Crippen LogP contribution in [0.3, 0.4) is 0 Å². The van der Waals surface area contributed by atoms with Gasteiger partial charge in [0.05, 0.1) is 19.4 Å². The molecule has 0 saturated heterocycles. The van der Waals surface area contributed by atoms with E-state index in [1.54, 1.807) is 14.0 Å². The average Bonchev–Trinajstić information content (AvgIpc) is 2.63. The fraction of sp³-hybridized carbons (Fsp3) is 0.250. The van der Waals surface area contributed by atoms with Gasteiger partial charge in [-0.15, -0.1) is 0 Å². The summed E-state index contributed by atoms with van der Waals surface area (Å²) in [5.74, 6) is 1.17. The number of methoxy groups -OCH3 is 1. The van der Waals surface area contributed by atoms with Gasteiger partial charge < -0.3 is 19.5 Å².